The highest BCUT2D eigenvalue weighted by Gasteiger charge is 2.16. The maximum Gasteiger partial charge on any atom is 0.224 e. The molecular formula is C14H21ClN2O2. The predicted octanol–water partition coefficient (Wildman–Crippen LogP) is 1.53. The summed E-state index contributed by atoms with van der Waals surface area (Å²) in [6.45, 7) is 1.97. The van der Waals surface area contributed by atoms with Crippen molar-refractivity contribution in [3.05, 3.63) is 29.8 Å². The van der Waals surface area contributed by atoms with E-state index in [9.17, 15) is 4.79 Å². The van der Waals surface area contributed by atoms with E-state index in [0.717, 1.165) is 37.2 Å². The van der Waals surface area contributed by atoms with Gasteiger partial charge in [-0.05, 0) is 32.0 Å². The molecule has 0 aromatic heterocycles. The minimum Gasteiger partial charge on any atom is -0.496 e. The summed E-state index contributed by atoms with van der Waals surface area (Å²) < 4.78 is 5.25. The standard InChI is InChI=1S/C14H20N2O2.ClH/c1-18-13-5-3-2-4-11(13)10-14(17)16-12-6-8-15-9-7-12;/h2-5,12,15H,6-10H2,1H3,(H,16,17);1H. The third-order valence-electron chi connectivity index (χ3n) is 3.25. The van der Waals surface area contributed by atoms with Gasteiger partial charge in [0.05, 0.1) is 13.5 Å². The van der Waals surface area contributed by atoms with E-state index >= 15 is 0 Å². The van der Waals surface area contributed by atoms with Crippen LogP contribution < -0.4 is 15.4 Å². The average molecular weight is 285 g/mol. The van der Waals surface area contributed by atoms with Gasteiger partial charge in [-0.2, -0.15) is 0 Å². The third-order valence-corrected chi connectivity index (χ3v) is 3.25. The first-order chi connectivity index (χ1) is 8.79. The van der Waals surface area contributed by atoms with Crippen LogP contribution in [0.1, 0.15) is 18.4 Å². The number of piperidine rings is 1. The van der Waals surface area contributed by atoms with Crippen molar-refractivity contribution in [3.8, 4) is 5.75 Å². The molecule has 4 nitrogen and oxygen atoms in total. The number of para-hydroxylation sites is 1. The summed E-state index contributed by atoms with van der Waals surface area (Å²) in [7, 11) is 1.63. The number of hydrogen-bond acceptors (Lipinski definition) is 3. The van der Waals surface area contributed by atoms with Gasteiger partial charge in [0, 0.05) is 11.6 Å². The summed E-state index contributed by atoms with van der Waals surface area (Å²) in [4.78, 5) is 12.0. The van der Waals surface area contributed by atoms with Gasteiger partial charge in [0.1, 0.15) is 5.75 Å². The van der Waals surface area contributed by atoms with Crippen LogP contribution in [0.25, 0.3) is 0 Å². The molecular weight excluding hydrogens is 264 g/mol. The Morgan fingerprint density at radius 3 is 2.74 bits per heavy atom. The van der Waals surface area contributed by atoms with E-state index in [4.69, 9.17) is 4.74 Å². The minimum atomic E-state index is 0. The SMILES string of the molecule is COc1ccccc1CC(=O)NC1CCNCC1.Cl. The van der Waals surface area contributed by atoms with Crippen LogP contribution in [0.5, 0.6) is 5.75 Å². The van der Waals surface area contributed by atoms with E-state index in [-0.39, 0.29) is 18.3 Å². The molecule has 106 valence electrons. The lowest BCUT2D eigenvalue weighted by molar-refractivity contribution is -0.121. The molecule has 1 fully saturated rings. The highest BCUT2D eigenvalue weighted by atomic mass is 35.5. The molecule has 19 heavy (non-hydrogen) atoms. The Bertz CT molecular complexity index is 406. The summed E-state index contributed by atoms with van der Waals surface area (Å²) in [5.41, 5.74) is 0.937. The number of benzene rings is 1. The number of nitrogens with one attached hydrogen (secondary N) is 2. The fourth-order valence-electron chi connectivity index (χ4n) is 2.27. The highest BCUT2D eigenvalue weighted by molar-refractivity contribution is 5.85. The van der Waals surface area contributed by atoms with Crippen molar-refractivity contribution in [2.75, 3.05) is 20.2 Å². The number of ether oxygens (including phenoxy) is 1. The van der Waals surface area contributed by atoms with Crippen molar-refractivity contribution in [2.24, 2.45) is 0 Å². The van der Waals surface area contributed by atoms with E-state index in [1.54, 1.807) is 7.11 Å². The van der Waals surface area contributed by atoms with Gasteiger partial charge in [0.15, 0.2) is 0 Å². The molecule has 1 saturated heterocycles. The zero-order valence-corrected chi connectivity index (χ0v) is 12.0. The van der Waals surface area contributed by atoms with Crippen molar-refractivity contribution in [2.45, 2.75) is 25.3 Å². The fourth-order valence-corrected chi connectivity index (χ4v) is 2.27. The van der Waals surface area contributed by atoms with Gasteiger partial charge in [0.2, 0.25) is 5.91 Å². The van der Waals surface area contributed by atoms with Crippen LogP contribution in [0, 0.1) is 0 Å². The monoisotopic (exact) mass is 284 g/mol. The van der Waals surface area contributed by atoms with Crippen molar-refractivity contribution in [3.63, 3.8) is 0 Å². The molecule has 2 rings (SSSR count). The van der Waals surface area contributed by atoms with Crippen LogP contribution >= 0.6 is 12.4 Å². The summed E-state index contributed by atoms with van der Waals surface area (Å²) in [6.07, 6.45) is 2.41. The minimum absolute atomic E-state index is 0. The Morgan fingerprint density at radius 1 is 1.37 bits per heavy atom. The molecule has 1 aromatic carbocycles. The number of halogens is 1. The Balaban J connectivity index is 0.00000180. The van der Waals surface area contributed by atoms with Gasteiger partial charge in [0.25, 0.3) is 0 Å². The first-order valence-electron chi connectivity index (χ1n) is 6.41. The highest BCUT2D eigenvalue weighted by Crippen LogP contribution is 2.17. The van der Waals surface area contributed by atoms with Gasteiger partial charge in [-0.25, -0.2) is 0 Å². The maximum absolute atomic E-state index is 12.0. The normalized spacial score (nSPS) is 15.4. The lowest BCUT2D eigenvalue weighted by Crippen LogP contribution is -2.43. The number of hydrogen-bond donors (Lipinski definition) is 2. The number of carbonyl (C=O) groups excluding carboxylic acids is 1. The molecule has 0 bridgehead atoms. The van der Waals surface area contributed by atoms with Crippen molar-refractivity contribution in [1.29, 1.82) is 0 Å². The Morgan fingerprint density at radius 2 is 2.05 bits per heavy atom. The molecule has 0 saturated carbocycles. The molecule has 0 radical (unpaired) electrons. The summed E-state index contributed by atoms with van der Waals surface area (Å²) >= 11 is 0. The van der Waals surface area contributed by atoms with E-state index < -0.39 is 0 Å². The number of methoxy groups -OCH3 is 1. The van der Waals surface area contributed by atoms with Gasteiger partial charge in [-0.1, -0.05) is 18.2 Å². The molecule has 0 spiro atoms. The van der Waals surface area contributed by atoms with Crippen molar-refractivity contribution < 1.29 is 9.53 Å². The molecule has 5 heteroatoms. The first kappa shape index (κ1) is 15.8. The summed E-state index contributed by atoms with van der Waals surface area (Å²) in [6, 6.07) is 7.96. The van der Waals surface area contributed by atoms with Crippen LogP contribution in [0.15, 0.2) is 24.3 Å². The first-order valence-corrected chi connectivity index (χ1v) is 6.41. The second-order valence-electron chi connectivity index (χ2n) is 4.58. The Hall–Kier alpha value is -1.26. The Labute approximate surface area is 120 Å². The van der Waals surface area contributed by atoms with E-state index in [2.05, 4.69) is 10.6 Å². The van der Waals surface area contributed by atoms with E-state index in [1.807, 2.05) is 24.3 Å². The summed E-state index contributed by atoms with van der Waals surface area (Å²) in [5, 5.41) is 6.37. The van der Waals surface area contributed by atoms with Crippen LogP contribution in [0.2, 0.25) is 0 Å². The smallest absolute Gasteiger partial charge is 0.224 e. The number of rotatable bonds is 4. The lowest BCUT2D eigenvalue weighted by Gasteiger charge is -2.23. The number of carbonyl (C=O) groups is 1. The molecule has 0 atom stereocenters. The largest absolute Gasteiger partial charge is 0.496 e. The molecule has 1 aliphatic rings. The molecule has 2 N–H and O–H groups in total. The van der Waals surface area contributed by atoms with Crippen LogP contribution in [0.3, 0.4) is 0 Å². The summed E-state index contributed by atoms with van der Waals surface area (Å²) in [5.74, 6) is 0.851. The van der Waals surface area contributed by atoms with E-state index in [0.29, 0.717) is 12.5 Å². The zero-order chi connectivity index (χ0) is 12.8. The van der Waals surface area contributed by atoms with Crippen molar-refractivity contribution >= 4 is 18.3 Å². The van der Waals surface area contributed by atoms with Crippen LogP contribution in [-0.2, 0) is 11.2 Å². The number of amides is 1. The Kier molecular flexibility index (Phi) is 6.67. The topological polar surface area (TPSA) is 50.4 Å². The molecule has 1 heterocycles. The average Bonchev–Trinajstić information content (AvgIpc) is 2.40. The molecule has 1 aliphatic heterocycles. The quantitative estimate of drug-likeness (QED) is 0.882. The van der Waals surface area contributed by atoms with Crippen LogP contribution in [0.4, 0.5) is 0 Å². The zero-order valence-electron chi connectivity index (χ0n) is 11.1. The molecule has 1 aromatic rings. The van der Waals surface area contributed by atoms with Crippen molar-refractivity contribution in [1.82, 2.24) is 10.6 Å². The maximum atomic E-state index is 12.0. The van der Waals surface area contributed by atoms with Gasteiger partial charge in [-0.15, -0.1) is 12.4 Å². The fraction of sp³-hybridized carbons (Fsp3) is 0.500. The third kappa shape index (κ3) is 4.73. The van der Waals surface area contributed by atoms with Gasteiger partial charge in [-0.3, -0.25) is 4.79 Å². The van der Waals surface area contributed by atoms with Crippen LogP contribution in [-0.4, -0.2) is 32.1 Å². The predicted molar refractivity (Wildman–Crippen MR) is 78.0 cm³/mol. The lowest BCUT2D eigenvalue weighted by atomic mass is 10.1. The second-order valence-corrected chi connectivity index (χ2v) is 4.58. The second kappa shape index (κ2) is 8.02. The van der Waals surface area contributed by atoms with Gasteiger partial charge >= 0.3 is 0 Å². The molecule has 1 amide bonds. The van der Waals surface area contributed by atoms with E-state index in [1.165, 1.54) is 0 Å². The molecule has 0 aliphatic carbocycles. The molecule has 0 unspecified atom stereocenters. The van der Waals surface area contributed by atoms with Gasteiger partial charge < -0.3 is 15.4 Å².